The molecule has 3 aromatic rings. The second-order valence-corrected chi connectivity index (χ2v) is 5.34. The van der Waals surface area contributed by atoms with E-state index in [9.17, 15) is 17.6 Å². The van der Waals surface area contributed by atoms with Crippen LogP contribution in [0.1, 0.15) is 11.3 Å². The first-order valence-corrected chi connectivity index (χ1v) is 7.59. The fourth-order valence-electron chi connectivity index (χ4n) is 2.17. The summed E-state index contributed by atoms with van der Waals surface area (Å²) < 4.78 is 62.2. The van der Waals surface area contributed by atoms with Gasteiger partial charge in [0, 0.05) is 12.1 Å². The van der Waals surface area contributed by atoms with Crippen molar-refractivity contribution in [2.45, 2.75) is 12.8 Å². The van der Waals surface area contributed by atoms with E-state index in [1.165, 1.54) is 36.4 Å². The van der Waals surface area contributed by atoms with Gasteiger partial charge in [-0.25, -0.2) is 9.37 Å². The van der Waals surface area contributed by atoms with Gasteiger partial charge in [0.2, 0.25) is 5.88 Å². The molecule has 3 nitrogen and oxygen atoms in total. The van der Waals surface area contributed by atoms with Crippen LogP contribution in [0.15, 0.2) is 66.7 Å². The number of ether oxygens (including phenoxy) is 2. The van der Waals surface area contributed by atoms with Crippen LogP contribution in [0.25, 0.3) is 0 Å². The topological polar surface area (TPSA) is 31.4 Å². The summed E-state index contributed by atoms with van der Waals surface area (Å²) in [5.41, 5.74) is -0.320. The number of pyridine rings is 1. The smallest absolute Gasteiger partial charge is 0.416 e. The molecular formula is C19H13F4NO2. The van der Waals surface area contributed by atoms with Crippen LogP contribution >= 0.6 is 0 Å². The number of halogens is 4. The highest BCUT2D eigenvalue weighted by atomic mass is 19.4. The highest BCUT2D eigenvalue weighted by Gasteiger charge is 2.30. The van der Waals surface area contributed by atoms with Crippen molar-refractivity contribution in [2.75, 3.05) is 0 Å². The summed E-state index contributed by atoms with van der Waals surface area (Å²) in [4.78, 5) is 4.18. The Morgan fingerprint density at radius 3 is 2.35 bits per heavy atom. The minimum Gasteiger partial charge on any atom is -0.487 e. The summed E-state index contributed by atoms with van der Waals surface area (Å²) in [5, 5.41) is 0. The van der Waals surface area contributed by atoms with E-state index in [1.807, 2.05) is 0 Å². The maximum absolute atomic E-state index is 13.1. The van der Waals surface area contributed by atoms with E-state index < -0.39 is 17.6 Å². The van der Waals surface area contributed by atoms with Crippen LogP contribution in [0, 0.1) is 5.82 Å². The molecule has 134 valence electrons. The zero-order valence-corrected chi connectivity index (χ0v) is 13.3. The molecule has 0 fully saturated rings. The molecule has 0 saturated heterocycles. The molecule has 0 unspecified atom stereocenters. The number of aromatic nitrogens is 1. The lowest BCUT2D eigenvalue weighted by Gasteiger charge is -2.10. The van der Waals surface area contributed by atoms with Gasteiger partial charge in [-0.15, -0.1) is 0 Å². The normalized spacial score (nSPS) is 11.2. The van der Waals surface area contributed by atoms with Crippen LogP contribution < -0.4 is 9.47 Å². The van der Waals surface area contributed by atoms with Gasteiger partial charge >= 0.3 is 6.18 Å². The lowest BCUT2D eigenvalue weighted by Crippen LogP contribution is -2.04. The first-order chi connectivity index (χ1) is 12.4. The van der Waals surface area contributed by atoms with Gasteiger partial charge in [0.15, 0.2) is 0 Å². The highest BCUT2D eigenvalue weighted by molar-refractivity contribution is 5.33. The van der Waals surface area contributed by atoms with Crippen LogP contribution in [0.2, 0.25) is 0 Å². The molecule has 7 heteroatoms. The summed E-state index contributed by atoms with van der Waals surface area (Å²) in [6.07, 6.45) is -4.45. The fraction of sp³-hybridized carbons (Fsp3) is 0.105. The minimum atomic E-state index is -4.45. The van der Waals surface area contributed by atoms with Gasteiger partial charge in [-0.05, 0) is 36.4 Å². The summed E-state index contributed by atoms with van der Waals surface area (Å²) in [5.74, 6) is 0.0771. The van der Waals surface area contributed by atoms with E-state index in [4.69, 9.17) is 9.47 Å². The summed E-state index contributed by atoms with van der Waals surface area (Å²) in [7, 11) is 0. The Morgan fingerprint density at radius 1 is 0.846 bits per heavy atom. The van der Waals surface area contributed by atoms with Crippen molar-refractivity contribution in [3.63, 3.8) is 0 Å². The van der Waals surface area contributed by atoms with Gasteiger partial charge in [-0.3, -0.25) is 0 Å². The Labute approximate surface area is 146 Å². The number of nitrogens with zero attached hydrogens (tertiary/aromatic N) is 1. The van der Waals surface area contributed by atoms with Crippen molar-refractivity contribution in [3.05, 3.63) is 83.8 Å². The predicted octanol–water partition coefficient (Wildman–Crippen LogP) is 5.61. The van der Waals surface area contributed by atoms with Crippen molar-refractivity contribution in [3.8, 4) is 17.4 Å². The lowest BCUT2D eigenvalue weighted by molar-refractivity contribution is -0.137. The largest absolute Gasteiger partial charge is 0.487 e. The van der Waals surface area contributed by atoms with Crippen molar-refractivity contribution < 1.29 is 27.0 Å². The standard InChI is InChI=1S/C19H13F4NO2/c20-14-5-2-7-16(11-14)25-12-15-6-3-9-18(24-15)26-17-8-1-4-13(10-17)19(21,22)23/h1-11H,12H2. The molecule has 3 rings (SSSR count). The molecule has 0 amide bonds. The van der Waals surface area contributed by atoms with Crippen molar-refractivity contribution >= 4 is 0 Å². The van der Waals surface area contributed by atoms with Crippen LogP contribution in [-0.2, 0) is 12.8 Å². The van der Waals surface area contributed by atoms with E-state index in [1.54, 1.807) is 18.2 Å². The number of hydrogen-bond donors (Lipinski definition) is 0. The average molecular weight is 363 g/mol. The minimum absolute atomic E-state index is 0.0236. The summed E-state index contributed by atoms with van der Waals surface area (Å²) >= 11 is 0. The molecule has 0 bridgehead atoms. The zero-order chi connectivity index (χ0) is 18.6. The van der Waals surface area contributed by atoms with E-state index in [0.717, 1.165) is 12.1 Å². The Morgan fingerprint density at radius 2 is 1.58 bits per heavy atom. The van der Waals surface area contributed by atoms with Gasteiger partial charge < -0.3 is 9.47 Å². The van der Waals surface area contributed by atoms with Crippen molar-refractivity contribution in [1.29, 1.82) is 0 Å². The molecule has 0 aliphatic rings. The molecule has 0 N–H and O–H groups in total. The van der Waals surface area contributed by atoms with Gasteiger partial charge in [0.1, 0.15) is 23.9 Å². The Balaban J connectivity index is 1.69. The van der Waals surface area contributed by atoms with Gasteiger partial charge in [0.25, 0.3) is 0 Å². The van der Waals surface area contributed by atoms with E-state index in [0.29, 0.717) is 11.4 Å². The molecule has 1 heterocycles. The van der Waals surface area contributed by atoms with E-state index in [2.05, 4.69) is 4.98 Å². The van der Waals surface area contributed by atoms with Gasteiger partial charge in [-0.1, -0.05) is 18.2 Å². The second kappa shape index (κ2) is 7.43. The first-order valence-electron chi connectivity index (χ1n) is 7.59. The number of hydrogen-bond acceptors (Lipinski definition) is 3. The summed E-state index contributed by atoms with van der Waals surface area (Å²) in [6.45, 7) is 0.0588. The quantitative estimate of drug-likeness (QED) is 0.552. The van der Waals surface area contributed by atoms with Gasteiger partial charge in [-0.2, -0.15) is 13.2 Å². The van der Waals surface area contributed by atoms with Crippen LogP contribution in [0.5, 0.6) is 17.4 Å². The van der Waals surface area contributed by atoms with E-state index in [-0.39, 0.29) is 18.2 Å². The SMILES string of the molecule is Fc1cccc(OCc2cccc(Oc3cccc(C(F)(F)F)c3)n2)c1. The van der Waals surface area contributed by atoms with Crippen LogP contribution in [0.4, 0.5) is 17.6 Å². The van der Waals surface area contributed by atoms with Gasteiger partial charge in [0.05, 0.1) is 11.3 Å². The molecule has 0 spiro atoms. The monoisotopic (exact) mass is 363 g/mol. The molecule has 0 radical (unpaired) electrons. The molecule has 0 saturated carbocycles. The number of benzene rings is 2. The maximum Gasteiger partial charge on any atom is 0.416 e. The zero-order valence-electron chi connectivity index (χ0n) is 13.3. The van der Waals surface area contributed by atoms with Crippen LogP contribution in [-0.4, -0.2) is 4.98 Å². The first kappa shape index (κ1) is 17.7. The lowest BCUT2D eigenvalue weighted by atomic mass is 10.2. The predicted molar refractivity (Wildman–Crippen MR) is 86.5 cm³/mol. The Hall–Kier alpha value is -3.09. The third-order valence-electron chi connectivity index (χ3n) is 3.35. The molecule has 0 atom stereocenters. The number of alkyl halides is 3. The molecule has 0 aliphatic carbocycles. The molecule has 1 aromatic heterocycles. The third-order valence-corrected chi connectivity index (χ3v) is 3.35. The van der Waals surface area contributed by atoms with E-state index >= 15 is 0 Å². The molecular weight excluding hydrogens is 350 g/mol. The molecule has 2 aromatic carbocycles. The second-order valence-electron chi connectivity index (χ2n) is 5.34. The number of rotatable bonds is 5. The average Bonchev–Trinajstić information content (AvgIpc) is 2.60. The third kappa shape index (κ3) is 4.72. The molecule has 0 aliphatic heterocycles. The van der Waals surface area contributed by atoms with Crippen LogP contribution in [0.3, 0.4) is 0 Å². The van der Waals surface area contributed by atoms with Crippen molar-refractivity contribution in [2.24, 2.45) is 0 Å². The summed E-state index contributed by atoms with van der Waals surface area (Å²) in [6, 6.07) is 15.0. The Kier molecular flexibility index (Phi) is 5.06. The Bertz CT molecular complexity index is 896. The fourth-order valence-corrected chi connectivity index (χ4v) is 2.17. The van der Waals surface area contributed by atoms with Crippen molar-refractivity contribution in [1.82, 2.24) is 4.98 Å². The highest BCUT2D eigenvalue weighted by Crippen LogP contribution is 2.32. The molecule has 26 heavy (non-hydrogen) atoms. The maximum atomic E-state index is 13.1.